The first kappa shape index (κ1) is 15.2. The maximum absolute atomic E-state index is 11.6. The first-order valence-corrected chi connectivity index (χ1v) is 6.60. The second-order valence-corrected chi connectivity index (χ2v) is 4.53. The van der Waals surface area contributed by atoms with Gasteiger partial charge in [-0.05, 0) is 20.3 Å². The number of nitrogens with one attached hydrogen (secondary N) is 1. The predicted molar refractivity (Wildman–Crippen MR) is 77.1 cm³/mol. The molecule has 0 spiro atoms. The number of hydrogen-bond donors (Lipinski definition) is 2. The molecule has 6 heteroatoms. The Hall–Kier alpha value is -1.85. The standard InChI is InChI=1S/C13H23N5O/c1-5-7-10-16-12(14)9(3)13(17-10)18(4)8-11(19)15-6-2/h5-8H2,1-4H3,(H,15,19)(H2,14,16,17). The van der Waals surface area contributed by atoms with Gasteiger partial charge < -0.3 is 16.0 Å². The van der Waals surface area contributed by atoms with Gasteiger partial charge in [0.1, 0.15) is 17.5 Å². The van der Waals surface area contributed by atoms with Gasteiger partial charge in [0.25, 0.3) is 0 Å². The Morgan fingerprint density at radius 1 is 1.37 bits per heavy atom. The zero-order valence-electron chi connectivity index (χ0n) is 12.2. The zero-order chi connectivity index (χ0) is 14.4. The van der Waals surface area contributed by atoms with E-state index in [2.05, 4.69) is 22.2 Å². The molecule has 0 aliphatic rings. The molecule has 1 heterocycles. The minimum Gasteiger partial charge on any atom is -0.383 e. The van der Waals surface area contributed by atoms with Crippen molar-refractivity contribution in [3.8, 4) is 0 Å². The largest absolute Gasteiger partial charge is 0.383 e. The van der Waals surface area contributed by atoms with Crippen LogP contribution in [-0.4, -0.2) is 36.0 Å². The highest BCUT2D eigenvalue weighted by Crippen LogP contribution is 2.20. The van der Waals surface area contributed by atoms with E-state index in [1.165, 1.54) is 0 Å². The Morgan fingerprint density at radius 3 is 2.63 bits per heavy atom. The lowest BCUT2D eigenvalue weighted by molar-refractivity contribution is -0.119. The summed E-state index contributed by atoms with van der Waals surface area (Å²) in [6.07, 6.45) is 1.74. The molecule has 0 unspecified atom stereocenters. The van der Waals surface area contributed by atoms with Crippen LogP contribution in [0, 0.1) is 6.92 Å². The third-order valence-corrected chi connectivity index (χ3v) is 2.79. The van der Waals surface area contributed by atoms with Crippen LogP contribution in [-0.2, 0) is 11.2 Å². The van der Waals surface area contributed by atoms with Gasteiger partial charge in [-0.1, -0.05) is 6.92 Å². The number of carbonyl (C=O) groups is 1. The normalized spacial score (nSPS) is 10.3. The molecule has 19 heavy (non-hydrogen) atoms. The van der Waals surface area contributed by atoms with Gasteiger partial charge in [-0.25, -0.2) is 9.97 Å². The fourth-order valence-electron chi connectivity index (χ4n) is 1.82. The third-order valence-electron chi connectivity index (χ3n) is 2.79. The minimum absolute atomic E-state index is 0.0291. The minimum atomic E-state index is -0.0291. The van der Waals surface area contributed by atoms with Gasteiger partial charge >= 0.3 is 0 Å². The molecule has 106 valence electrons. The Bertz CT molecular complexity index is 447. The molecule has 0 aliphatic heterocycles. The van der Waals surface area contributed by atoms with E-state index in [0.29, 0.717) is 12.4 Å². The molecule has 0 saturated carbocycles. The second-order valence-electron chi connectivity index (χ2n) is 4.53. The molecule has 0 aromatic carbocycles. The van der Waals surface area contributed by atoms with Crippen LogP contribution in [0.1, 0.15) is 31.7 Å². The summed E-state index contributed by atoms with van der Waals surface area (Å²) in [6.45, 7) is 6.71. The summed E-state index contributed by atoms with van der Waals surface area (Å²) >= 11 is 0. The molecule has 0 saturated heterocycles. The van der Waals surface area contributed by atoms with Crippen LogP contribution >= 0.6 is 0 Å². The molecule has 3 N–H and O–H groups in total. The number of aryl methyl sites for hydroxylation is 1. The number of hydrogen-bond acceptors (Lipinski definition) is 5. The van der Waals surface area contributed by atoms with E-state index in [1.807, 2.05) is 20.9 Å². The Labute approximate surface area is 114 Å². The van der Waals surface area contributed by atoms with Crippen molar-refractivity contribution in [3.05, 3.63) is 11.4 Å². The fraction of sp³-hybridized carbons (Fsp3) is 0.615. The van der Waals surface area contributed by atoms with E-state index < -0.39 is 0 Å². The number of anilines is 2. The quantitative estimate of drug-likeness (QED) is 0.798. The third kappa shape index (κ3) is 4.08. The highest BCUT2D eigenvalue weighted by Gasteiger charge is 2.14. The molecule has 0 atom stereocenters. The summed E-state index contributed by atoms with van der Waals surface area (Å²) in [5, 5.41) is 2.76. The summed E-state index contributed by atoms with van der Waals surface area (Å²) in [5.74, 6) is 1.90. The highest BCUT2D eigenvalue weighted by molar-refractivity contribution is 5.81. The molecule has 0 aliphatic carbocycles. The second kappa shape index (κ2) is 6.92. The number of aromatic nitrogens is 2. The lowest BCUT2D eigenvalue weighted by Gasteiger charge is -2.20. The summed E-state index contributed by atoms with van der Waals surface area (Å²) in [4.78, 5) is 22.2. The molecule has 1 rings (SSSR count). The molecule has 6 nitrogen and oxygen atoms in total. The van der Waals surface area contributed by atoms with E-state index in [4.69, 9.17) is 5.73 Å². The summed E-state index contributed by atoms with van der Waals surface area (Å²) in [6, 6.07) is 0. The van der Waals surface area contributed by atoms with Gasteiger partial charge in [0.2, 0.25) is 5.91 Å². The monoisotopic (exact) mass is 265 g/mol. The van der Waals surface area contributed by atoms with Crippen LogP contribution in [0.15, 0.2) is 0 Å². The molecular formula is C13H23N5O. The van der Waals surface area contributed by atoms with Crippen molar-refractivity contribution in [2.24, 2.45) is 0 Å². The summed E-state index contributed by atoms with van der Waals surface area (Å²) in [7, 11) is 1.83. The number of likely N-dealkylation sites (N-methyl/N-ethyl adjacent to an activating group) is 2. The highest BCUT2D eigenvalue weighted by atomic mass is 16.2. The summed E-state index contributed by atoms with van der Waals surface area (Å²) < 4.78 is 0. The summed E-state index contributed by atoms with van der Waals surface area (Å²) in [5.41, 5.74) is 6.71. The smallest absolute Gasteiger partial charge is 0.239 e. The fourth-order valence-corrected chi connectivity index (χ4v) is 1.82. The SMILES string of the molecule is CCCc1nc(N)c(C)c(N(C)CC(=O)NCC)n1. The Balaban J connectivity index is 2.94. The molecule has 1 amide bonds. The van der Waals surface area contributed by atoms with Crippen LogP contribution in [0.4, 0.5) is 11.6 Å². The molecular weight excluding hydrogens is 242 g/mol. The van der Waals surface area contributed by atoms with Gasteiger partial charge in [0.15, 0.2) is 0 Å². The van der Waals surface area contributed by atoms with E-state index in [1.54, 1.807) is 4.90 Å². The maximum Gasteiger partial charge on any atom is 0.239 e. The average Bonchev–Trinajstić information content (AvgIpc) is 2.34. The Kier molecular flexibility index (Phi) is 5.54. The van der Waals surface area contributed by atoms with Crippen LogP contribution in [0.5, 0.6) is 0 Å². The van der Waals surface area contributed by atoms with Crippen LogP contribution in [0.3, 0.4) is 0 Å². The molecule has 0 fully saturated rings. The number of nitrogen functional groups attached to an aromatic ring is 1. The van der Waals surface area contributed by atoms with Crippen molar-refractivity contribution in [2.75, 3.05) is 30.8 Å². The van der Waals surface area contributed by atoms with Crippen molar-refractivity contribution < 1.29 is 4.79 Å². The topological polar surface area (TPSA) is 84.1 Å². The van der Waals surface area contributed by atoms with Crippen molar-refractivity contribution in [1.29, 1.82) is 0 Å². The lowest BCUT2D eigenvalue weighted by Crippen LogP contribution is -2.36. The molecule has 1 aromatic rings. The Morgan fingerprint density at radius 2 is 2.05 bits per heavy atom. The van der Waals surface area contributed by atoms with Gasteiger partial charge in [-0.2, -0.15) is 0 Å². The van der Waals surface area contributed by atoms with Gasteiger partial charge in [0.05, 0.1) is 6.54 Å². The average molecular weight is 265 g/mol. The van der Waals surface area contributed by atoms with Crippen molar-refractivity contribution in [1.82, 2.24) is 15.3 Å². The van der Waals surface area contributed by atoms with Gasteiger partial charge in [0, 0.05) is 25.6 Å². The number of carbonyl (C=O) groups excluding carboxylic acids is 1. The van der Waals surface area contributed by atoms with Crippen molar-refractivity contribution >= 4 is 17.5 Å². The molecule has 0 bridgehead atoms. The molecule has 0 radical (unpaired) electrons. The maximum atomic E-state index is 11.6. The lowest BCUT2D eigenvalue weighted by atomic mass is 10.2. The van der Waals surface area contributed by atoms with E-state index in [9.17, 15) is 4.79 Å². The number of rotatable bonds is 6. The van der Waals surface area contributed by atoms with Crippen LogP contribution in [0.25, 0.3) is 0 Å². The van der Waals surface area contributed by atoms with E-state index in [-0.39, 0.29) is 12.5 Å². The van der Waals surface area contributed by atoms with E-state index in [0.717, 1.165) is 30.0 Å². The predicted octanol–water partition coefficient (Wildman–Crippen LogP) is 0.892. The first-order valence-electron chi connectivity index (χ1n) is 6.60. The van der Waals surface area contributed by atoms with Gasteiger partial charge in [-0.3, -0.25) is 4.79 Å². The van der Waals surface area contributed by atoms with Crippen LogP contribution in [0.2, 0.25) is 0 Å². The number of nitrogens with zero attached hydrogens (tertiary/aromatic N) is 3. The number of nitrogens with two attached hydrogens (primary N) is 1. The first-order chi connectivity index (χ1) is 8.99. The zero-order valence-corrected chi connectivity index (χ0v) is 12.2. The molecule has 1 aromatic heterocycles. The van der Waals surface area contributed by atoms with Crippen LogP contribution < -0.4 is 16.0 Å². The van der Waals surface area contributed by atoms with Crippen molar-refractivity contribution in [3.63, 3.8) is 0 Å². The number of amides is 1. The van der Waals surface area contributed by atoms with E-state index >= 15 is 0 Å². The van der Waals surface area contributed by atoms with Gasteiger partial charge in [-0.15, -0.1) is 0 Å². The van der Waals surface area contributed by atoms with Crippen molar-refractivity contribution in [2.45, 2.75) is 33.6 Å².